The van der Waals surface area contributed by atoms with Crippen molar-refractivity contribution >= 4 is 38.6 Å². The molecule has 96 valence electrons. The number of hydrogen-bond acceptors (Lipinski definition) is 2. The molecule has 2 N–H and O–H groups in total. The van der Waals surface area contributed by atoms with Crippen molar-refractivity contribution in [2.75, 3.05) is 5.32 Å². The Hall–Kier alpha value is -1.49. The number of carbonyl (C=O) groups is 1. The third-order valence-electron chi connectivity index (χ3n) is 2.26. The van der Waals surface area contributed by atoms with Crippen LogP contribution in [0.25, 0.3) is 10.9 Å². The Labute approximate surface area is 114 Å². The fourth-order valence-corrected chi connectivity index (χ4v) is 2.21. The highest BCUT2D eigenvalue weighted by molar-refractivity contribution is 9.10. The van der Waals surface area contributed by atoms with Gasteiger partial charge in [-0.2, -0.15) is 0 Å². The van der Waals surface area contributed by atoms with Crippen molar-refractivity contribution in [1.29, 1.82) is 0 Å². The first kappa shape index (κ1) is 13.0. The molecule has 0 saturated heterocycles. The molecule has 0 unspecified atom stereocenters. The van der Waals surface area contributed by atoms with Crippen LogP contribution in [-0.4, -0.2) is 16.7 Å². The van der Waals surface area contributed by atoms with E-state index < -0.39 is 11.7 Å². The summed E-state index contributed by atoms with van der Waals surface area (Å²) in [5.74, 6) is 0. The molecule has 18 heavy (non-hydrogen) atoms. The second kappa shape index (κ2) is 4.65. The van der Waals surface area contributed by atoms with Gasteiger partial charge in [-0.05, 0) is 39.0 Å². The van der Waals surface area contributed by atoms with Gasteiger partial charge in [0.05, 0.1) is 0 Å². The molecule has 0 aliphatic heterocycles. The number of aromatic nitrogens is 1. The lowest BCUT2D eigenvalue weighted by Crippen LogP contribution is -2.27. The molecule has 4 nitrogen and oxygen atoms in total. The minimum atomic E-state index is -0.502. The van der Waals surface area contributed by atoms with Crippen molar-refractivity contribution in [3.05, 3.63) is 28.9 Å². The van der Waals surface area contributed by atoms with E-state index in [1.165, 1.54) is 0 Å². The number of halogens is 1. The van der Waals surface area contributed by atoms with Crippen molar-refractivity contribution in [3.63, 3.8) is 0 Å². The number of anilines is 1. The number of aromatic amines is 1. The number of amides is 1. The molecule has 0 bridgehead atoms. The number of ether oxygens (including phenoxy) is 1. The van der Waals surface area contributed by atoms with Crippen molar-refractivity contribution in [2.45, 2.75) is 26.4 Å². The predicted octanol–water partition coefficient (Wildman–Crippen LogP) is 4.28. The van der Waals surface area contributed by atoms with Crippen molar-refractivity contribution < 1.29 is 9.53 Å². The minimum Gasteiger partial charge on any atom is -0.444 e. The second-order valence-electron chi connectivity index (χ2n) is 5.02. The SMILES string of the molecule is CC(C)(C)OC(=O)Nc1cc(Br)c2cc[nH]c2c1. The molecular weight excluding hydrogens is 296 g/mol. The summed E-state index contributed by atoms with van der Waals surface area (Å²) in [6, 6.07) is 5.68. The lowest BCUT2D eigenvalue weighted by molar-refractivity contribution is 0.0636. The number of benzene rings is 1. The highest BCUT2D eigenvalue weighted by Crippen LogP contribution is 2.27. The van der Waals surface area contributed by atoms with E-state index in [0.29, 0.717) is 5.69 Å². The molecular formula is C13H15BrN2O2. The van der Waals surface area contributed by atoms with E-state index >= 15 is 0 Å². The Bertz CT molecular complexity index is 584. The van der Waals surface area contributed by atoms with E-state index in [1.807, 2.05) is 45.2 Å². The zero-order valence-corrected chi connectivity index (χ0v) is 12.1. The summed E-state index contributed by atoms with van der Waals surface area (Å²) in [4.78, 5) is 14.8. The Morgan fingerprint density at radius 3 is 2.78 bits per heavy atom. The van der Waals surface area contributed by atoms with Gasteiger partial charge in [-0.1, -0.05) is 15.9 Å². The van der Waals surface area contributed by atoms with E-state index in [1.54, 1.807) is 0 Å². The predicted molar refractivity (Wildman–Crippen MR) is 75.9 cm³/mol. The molecule has 1 aromatic heterocycles. The highest BCUT2D eigenvalue weighted by Gasteiger charge is 2.16. The lowest BCUT2D eigenvalue weighted by atomic mass is 10.2. The first-order valence-corrected chi connectivity index (χ1v) is 6.41. The highest BCUT2D eigenvalue weighted by atomic mass is 79.9. The fourth-order valence-electron chi connectivity index (χ4n) is 1.62. The van der Waals surface area contributed by atoms with E-state index in [4.69, 9.17) is 4.74 Å². The summed E-state index contributed by atoms with van der Waals surface area (Å²) in [6.45, 7) is 5.49. The van der Waals surface area contributed by atoms with Gasteiger partial charge in [-0.15, -0.1) is 0 Å². The first-order valence-electron chi connectivity index (χ1n) is 5.62. The van der Waals surface area contributed by atoms with Gasteiger partial charge in [0, 0.05) is 27.3 Å². The lowest BCUT2D eigenvalue weighted by Gasteiger charge is -2.19. The van der Waals surface area contributed by atoms with Crippen LogP contribution in [0.2, 0.25) is 0 Å². The van der Waals surface area contributed by atoms with E-state index in [9.17, 15) is 4.79 Å². The van der Waals surface area contributed by atoms with Crippen molar-refractivity contribution in [2.24, 2.45) is 0 Å². The van der Waals surface area contributed by atoms with Crippen LogP contribution in [0.4, 0.5) is 10.5 Å². The summed E-state index contributed by atoms with van der Waals surface area (Å²) in [5.41, 5.74) is 1.14. The van der Waals surface area contributed by atoms with Gasteiger partial charge in [0.2, 0.25) is 0 Å². The maximum Gasteiger partial charge on any atom is 0.412 e. The molecule has 0 saturated carbocycles. The zero-order chi connectivity index (χ0) is 13.3. The van der Waals surface area contributed by atoms with Crippen LogP contribution in [0.3, 0.4) is 0 Å². The Kier molecular flexibility index (Phi) is 3.34. The molecule has 1 heterocycles. The molecule has 0 radical (unpaired) electrons. The average molecular weight is 311 g/mol. The van der Waals surface area contributed by atoms with E-state index in [0.717, 1.165) is 15.4 Å². The molecule has 0 fully saturated rings. The van der Waals surface area contributed by atoms with Crippen LogP contribution in [0, 0.1) is 0 Å². The van der Waals surface area contributed by atoms with Crippen LogP contribution in [0.1, 0.15) is 20.8 Å². The summed E-state index contributed by atoms with van der Waals surface area (Å²) in [7, 11) is 0. The third kappa shape index (κ3) is 3.04. The van der Waals surface area contributed by atoms with Gasteiger partial charge < -0.3 is 9.72 Å². The Balaban J connectivity index is 2.19. The van der Waals surface area contributed by atoms with Crippen LogP contribution in [-0.2, 0) is 4.74 Å². The Morgan fingerprint density at radius 2 is 2.11 bits per heavy atom. The van der Waals surface area contributed by atoms with E-state index in [2.05, 4.69) is 26.2 Å². The maximum absolute atomic E-state index is 11.7. The minimum absolute atomic E-state index is 0.458. The molecule has 0 atom stereocenters. The maximum atomic E-state index is 11.7. The van der Waals surface area contributed by atoms with Crippen LogP contribution >= 0.6 is 15.9 Å². The normalized spacial score (nSPS) is 11.6. The summed E-state index contributed by atoms with van der Waals surface area (Å²) in [6.07, 6.45) is 1.40. The third-order valence-corrected chi connectivity index (χ3v) is 2.92. The van der Waals surface area contributed by atoms with Crippen LogP contribution < -0.4 is 5.32 Å². The molecule has 2 aromatic rings. The molecule has 5 heteroatoms. The Morgan fingerprint density at radius 1 is 1.39 bits per heavy atom. The van der Waals surface area contributed by atoms with Gasteiger partial charge in [0.25, 0.3) is 0 Å². The van der Waals surface area contributed by atoms with Gasteiger partial charge in [-0.25, -0.2) is 4.79 Å². The smallest absolute Gasteiger partial charge is 0.412 e. The van der Waals surface area contributed by atoms with E-state index in [-0.39, 0.29) is 0 Å². The number of rotatable bonds is 1. The molecule has 1 amide bonds. The number of hydrogen-bond donors (Lipinski definition) is 2. The number of fused-ring (bicyclic) bond motifs is 1. The second-order valence-corrected chi connectivity index (χ2v) is 5.88. The van der Waals surface area contributed by atoms with Crippen molar-refractivity contribution in [3.8, 4) is 0 Å². The number of carbonyl (C=O) groups excluding carboxylic acids is 1. The zero-order valence-electron chi connectivity index (χ0n) is 10.5. The van der Waals surface area contributed by atoms with Gasteiger partial charge in [0.1, 0.15) is 5.60 Å². The molecule has 1 aromatic carbocycles. The molecule has 0 aliphatic rings. The van der Waals surface area contributed by atoms with Gasteiger partial charge >= 0.3 is 6.09 Å². The molecule has 0 spiro atoms. The van der Waals surface area contributed by atoms with Crippen LogP contribution in [0.15, 0.2) is 28.9 Å². The summed E-state index contributed by atoms with van der Waals surface area (Å²) in [5, 5.41) is 3.78. The summed E-state index contributed by atoms with van der Waals surface area (Å²) >= 11 is 3.47. The molecule has 0 aliphatic carbocycles. The van der Waals surface area contributed by atoms with Gasteiger partial charge in [-0.3, -0.25) is 5.32 Å². The standard InChI is InChI=1S/C13H15BrN2O2/c1-13(2,3)18-12(17)16-8-6-10(14)9-4-5-15-11(9)7-8/h4-7,15H,1-3H3,(H,16,17). The topological polar surface area (TPSA) is 54.1 Å². The van der Waals surface area contributed by atoms with Gasteiger partial charge in [0.15, 0.2) is 0 Å². The average Bonchev–Trinajstić information content (AvgIpc) is 2.62. The number of nitrogens with one attached hydrogen (secondary N) is 2. The van der Waals surface area contributed by atoms with Crippen molar-refractivity contribution in [1.82, 2.24) is 4.98 Å². The molecule has 2 rings (SSSR count). The quantitative estimate of drug-likeness (QED) is 0.826. The largest absolute Gasteiger partial charge is 0.444 e. The fraction of sp³-hybridized carbons (Fsp3) is 0.308. The van der Waals surface area contributed by atoms with Crippen LogP contribution in [0.5, 0.6) is 0 Å². The number of H-pyrrole nitrogens is 1. The summed E-state index contributed by atoms with van der Waals surface area (Å²) < 4.78 is 6.12. The monoisotopic (exact) mass is 310 g/mol. The first-order chi connectivity index (χ1) is 8.35.